The fraction of sp³-hybridized carbons (Fsp3) is 0.385. The minimum atomic E-state index is -0.999. The Morgan fingerprint density at radius 3 is 3.00 bits per heavy atom. The number of furan rings is 1. The standard InChI is InChI=1S/C13H13ClN2O3/c1-7-3-2-6-16-11(7)10(13(17)18)15-12(16)8-4-5-9(14)19-8/h4-5,7H,2-3,6H2,1H3,(H,17,18). The molecule has 0 bridgehead atoms. The zero-order chi connectivity index (χ0) is 13.6. The highest BCUT2D eigenvalue weighted by atomic mass is 35.5. The monoisotopic (exact) mass is 280 g/mol. The summed E-state index contributed by atoms with van der Waals surface area (Å²) in [4.78, 5) is 15.6. The maximum absolute atomic E-state index is 11.3. The Hall–Kier alpha value is -1.75. The SMILES string of the molecule is CC1CCCn2c(-c3ccc(Cl)o3)nc(C(=O)O)c21. The van der Waals surface area contributed by atoms with Crippen molar-refractivity contribution in [3.63, 3.8) is 0 Å². The van der Waals surface area contributed by atoms with Gasteiger partial charge in [-0.15, -0.1) is 0 Å². The maximum atomic E-state index is 11.3. The van der Waals surface area contributed by atoms with Gasteiger partial charge in [0.1, 0.15) is 0 Å². The number of rotatable bonds is 2. The van der Waals surface area contributed by atoms with Crippen LogP contribution in [-0.2, 0) is 6.54 Å². The van der Waals surface area contributed by atoms with Crippen molar-refractivity contribution in [2.45, 2.75) is 32.2 Å². The molecule has 1 aliphatic rings. The smallest absolute Gasteiger partial charge is 0.356 e. The molecule has 2 aromatic heterocycles. The number of imidazole rings is 1. The summed E-state index contributed by atoms with van der Waals surface area (Å²) >= 11 is 5.77. The van der Waals surface area contributed by atoms with E-state index < -0.39 is 5.97 Å². The lowest BCUT2D eigenvalue weighted by molar-refractivity contribution is 0.0688. The molecular formula is C13H13ClN2O3. The average Bonchev–Trinajstić information content (AvgIpc) is 2.93. The normalized spacial score (nSPS) is 18.3. The Balaban J connectivity index is 2.21. The number of hydrogen-bond donors (Lipinski definition) is 1. The van der Waals surface area contributed by atoms with Crippen molar-refractivity contribution in [1.82, 2.24) is 9.55 Å². The first-order chi connectivity index (χ1) is 9.08. The van der Waals surface area contributed by atoms with Gasteiger partial charge in [0.15, 0.2) is 22.5 Å². The van der Waals surface area contributed by atoms with E-state index in [4.69, 9.17) is 16.0 Å². The summed E-state index contributed by atoms with van der Waals surface area (Å²) in [6.07, 6.45) is 1.98. The molecule has 0 aromatic carbocycles. The Bertz CT molecular complexity index is 644. The summed E-state index contributed by atoms with van der Waals surface area (Å²) in [7, 11) is 0. The summed E-state index contributed by atoms with van der Waals surface area (Å²) < 4.78 is 7.29. The van der Waals surface area contributed by atoms with Crippen molar-refractivity contribution in [3.8, 4) is 11.6 Å². The van der Waals surface area contributed by atoms with Gasteiger partial charge in [0, 0.05) is 6.54 Å². The van der Waals surface area contributed by atoms with Crippen LogP contribution in [-0.4, -0.2) is 20.6 Å². The van der Waals surface area contributed by atoms with Crippen LogP contribution in [0.1, 0.15) is 41.9 Å². The fourth-order valence-electron chi connectivity index (χ4n) is 2.66. The molecule has 0 aliphatic carbocycles. The number of carboxylic acid groups (broad SMARTS) is 1. The number of halogens is 1. The van der Waals surface area contributed by atoms with Gasteiger partial charge in [0.05, 0.1) is 5.69 Å². The van der Waals surface area contributed by atoms with E-state index in [2.05, 4.69) is 4.98 Å². The zero-order valence-corrected chi connectivity index (χ0v) is 11.1. The number of carboxylic acids is 1. The van der Waals surface area contributed by atoms with Gasteiger partial charge in [-0.1, -0.05) is 6.92 Å². The van der Waals surface area contributed by atoms with E-state index in [1.807, 2.05) is 11.5 Å². The molecule has 0 amide bonds. The van der Waals surface area contributed by atoms with E-state index in [0.717, 1.165) is 25.1 Å². The zero-order valence-electron chi connectivity index (χ0n) is 10.4. The van der Waals surface area contributed by atoms with Crippen LogP contribution in [0.5, 0.6) is 0 Å². The van der Waals surface area contributed by atoms with Crippen LogP contribution in [0.3, 0.4) is 0 Å². The summed E-state index contributed by atoms with van der Waals surface area (Å²) in [5, 5.41) is 9.56. The van der Waals surface area contributed by atoms with Gasteiger partial charge in [-0.2, -0.15) is 0 Å². The van der Waals surface area contributed by atoms with Crippen molar-refractivity contribution >= 4 is 17.6 Å². The van der Waals surface area contributed by atoms with Gasteiger partial charge in [-0.3, -0.25) is 0 Å². The third kappa shape index (κ3) is 1.94. The highest BCUT2D eigenvalue weighted by Gasteiger charge is 2.29. The lowest BCUT2D eigenvalue weighted by atomic mass is 9.96. The molecule has 2 aromatic rings. The molecule has 0 radical (unpaired) electrons. The van der Waals surface area contributed by atoms with Gasteiger partial charge in [-0.25, -0.2) is 9.78 Å². The molecule has 5 nitrogen and oxygen atoms in total. The van der Waals surface area contributed by atoms with E-state index in [9.17, 15) is 9.90 Å². The lowest BCUT2D eigenvalue weighted by Crippen LogP contribution is -2.16. The summed E-state index contributed by atoms with van der Waals surface area (Å²) in [5.41, 5.74) is 0.899. The molecule has 0 fully saturated rings. The number of aromatic carboxylic acids is 1. The van der Waals surface area contributed by atoms with Gasteiger partial charge >= 0.3 is 5.97 Å². The maximum Gasteiger partial charge on any atom is 0.356 e. The predicted molar refractivity (Wildman–Crippen MR) is 69.5 cm³/mol. The number of fused-ring (bicyclic) bond motifs is 1. The van der Waals surface area contributed by atoms with Crippen molar-refractivity contribution in [1.29, 1.82) is 0 Å². The highest BCUT2D eigenvalue weighted by molar-refractivity contribution is 6.28. The molecule has 0 spiro atoms. The number of hydrogen-bond acceptors (Lipinski definition) is 3. The van der Waals surface area contributed by atoms with Crippen molar-refractivity contribution in [2.24, 2.45) is 0 Å². The number of aromatic nitrogens is 2. The van der Waals surface area contributed by atoms with Crippen LogP contribution >= 0.6 is 11.6 Å². The molecule has 3 heterocycles. The van der Waals surface area contributed by atoms with Gasteiger partial charge in [0.25, 0.3) is 0 Å². The topological polar surface area (TPSA) is 68.3 Å². The van der Waals surface area contributed by atoms with E-state index in [1.54, 1.807) is 12.1 Å². The summed E-state index contributed by atoms with van der Waals surface area (Å²) in [6, 6.07) is 3.34. The number of nitrogens with zero attached hydrogens (tertiary/aromatic N) is 2. The second-order valence-corrected chi connectivity index (χ2v) is 5.15. The first-order valence-corrected chi connectivity index (χ1v) is 6.55. The molecule has 100 valence electrons. The second kappa shape index (κ2) is 4.42. The molecule has 1 unspecified atom stereocenters. The molecule has 0 saturated carbocycles. The first-order valence-electron chi connectivity index (χ1n) is 6.17. The Morgan fingerprint density at radius 1 is 1.58 bits per heavy atom. The molecule has 1 aliphatic heterocycles. The van der Waals surface area contributed by atoms with Crippen LogP contribution in [0, 0.1) is 0 Å². The summed E-state index contributed by atoms with van der Waals surface area (Å²) in [6.45, 7) is 2.78. The van der Waals surface area contributed by atoms with Gasteiger partial charge in [0.2, 0.25) is 0 Å². The quantitative estimate of drug-likeness (QED) is 0.915. The van der Waals surface area contributed by atoms with E-state index in [0.29, 0.717) is 11.6 Å². The molecular weight excluding hydrogens is 268 g/mol. The minimum Gasteiger partial charge on any atom is -0.476 e. The van der Waals surface area contributed by atoms with Crippen LogP contribution in [0.15, 0.2) is 16.5 Å². The van der Waals surface area contributed by atoms with Crippen LogP contribution < -0.4 is 0 Å². The Kier molecular flexibility index (Phi) is 2.86. The average molecular weight is 281 g/mol. The third-order valence-electron chi connectivity index (χ3n) is 3.49. The van der Waals surface area contributed by atoms with E-state index >= 15 is 0 Å². The Morgan fingerprint density at radius 2 is 2.37 bits per heavy atom. The fourth-order valence-corrected chi connectivity index (χ4v) is 2.81. The summed E-state index contributed by atoms with van der Waals surface area (Å²) in [5.74, 6) is 0.242. The van der Waals surface area contributed by atoms with Gasteiger partial charge < -0.3 is 14.1 Å². The second-order valence-electron chi connectivity index (χ2n) is 4.77. The Labute approximate surface area is 114 Å². The lowest BCUT2D eigenvalue weighted by Gasteiger charge is -2.22. The van der Waals surface area contributed by atoms with Crippen molar-refractivity contribution < 1.29 is 14.3 Å². The van der Waals surface area contributed by atoms with Crippen LogP contribution in [0.2, 0.25) is 5.22 Å². The minimum absolute atomic E-state index is 0.120. The molecule has 6 heteroatoms. The van der Waals surface area contributed by atoms with Crippen LogP contribution in [0.4, 0.5) is 0 Å². The predicted octanol–water partition coefficient (Wildman–Crippen LogP) is 3.39. The largest absolute Gasteiger partial charge is 0.476 e. The molecule has 1 N–H and O–H groups in total. The van der Waals surface area contributed by atoms with E-state index in [1.165, 1.54) is 0 Å². The van der Waals surface area contributed by atoms with Gasteiger partial charge in [-0.05, 0) is 42.5 Å². The van der Waals surface area contributed by atoms with Crippen LogP contribution in [0.25, 0.3) is 11.6 Å². The molecule has 3 rings (SSSR count). The molecule has 1 atom stereocenters. The first kappa shape index (κ1) is 12.3. The highest BCUT2D eigenvalue weighted by Crippen LogP contribution is 2.35. The van der Waals surface area contributed by atoms with Crippen molar-refractivity contribution in [3.05, 3.63) is 28.7 Å². The van der Waals surface area contributed by atoms with E-state index in [-0.39, 0.29) is 16.8 Å². The number of carbonyl (C=O) groups is 1. The molecule has 0 saturated heterocycles. The molecule has 19 heavy (non-hydrogen) atoms. The third-order valence-corrected chi connectivity index (χ3v) is 3.69. The van der Waals surface area contributed by atoms with Crippen molar-refractivity contribution in [2.75, 3.05) is 0 Å².